The zero-order valence-corrected chi connectivity index (χ0v) is 12.1. The smallest absolute Gasteiger partial charge is 0.0217 e. The lowest BCUT2D eigenvalue weighted by Crippen LogP contribution is -2.22. The second kappa shape index (κ2) is 4.76. The van der Waals surface area contributed by atoms with Gasteiger partial charge in [0.05, 0.1) is 0 Å². The fourth-order valence-electron chi connectivity index (χ4n) is 3.84. The van der Waals surface area contributed by atoms with Gasteiger partial charge in [-0.15, -0.1) is 0 Å². The van der Waals surface area contributed by atoms with E-state index in [4.69, 9.17) is 0 Å². The Hall–Kier alpha value is -0.300. The van der Waals surface area contributed by atoms with E-state index in [-0.39, 0.29) is 0 Å². The van der Waals surface area contributed by atoms with E-state index >= 15 is 0 Å². The molecule has 0 saturated heterocycles. The summed E-state index contributed by atoms with van der Waals surface area (Å²) in [4.78, 5) is 0.695. The fraction of sp³-hybridized carbons (Fsp3) is 0.625. The molecule has 2 saturated carbocycles. The van der Waals surface area contributed by atoms with Crippen molar-refractivity contribution in [2.45, 2.75) is 43.9 Å². The second-order valence-corrected chi connectivity index (χ2v) is 7.22. The highest BCUT2D eigenvalue weighted by atomic mass is 79.9. The minimum atomic E-state index is 0.695. The normalized spacial score (nSPS) is 32.9. The highest BCUT2D eigenvalue weighted by Crippen LogP contribution is 2.51. The van der Waals surface area contributed by atoms with Crippen molar-refractivity contribution in [3.63, 3.8) is 0 Å². The Morgan fingerprint density at radius 1 is 1.18 bits per heavy atom. The summed E-state index contributed by atoms with van der Waals surface area (Å²) in [5.74, 6) is 3.02. The van der Waals surface area contributed by atoms with Crippen LogP contribution in [0.15, 0.2) is 24.3 Å². The first-order chi connectivity index (χ1) is 8.22. The molecular weight excluding hydrogens is 272 g/mol. The van der Waals surface area contributed by atoms with E-state index in [9.17, 15) is 0 Å². The highest BCUT2D eigenvalue weighted by Gasteiger charge is 2.42. The van der Waals surface area contributed by atoms with Crippen LogP contribution in [0, 0.1) is 24.7 Å². The van der Waals surface area contributed by atoms with Crippen LogP contribution < -0.4 is 0 Å². The Morgan fingerprint density at radius 3 is 2.53 bits per heavy atom. The molecule has 17 heavy (non-hydrogen) atoms. The van der Waals surface area contributed by atoms with Gasteiger partial charge in [-0.3, -0.25) is 0 Å². The number of rotatable bonds is 3. The zero-order valence-electron chi connectivity index (χ0n) is 10.5. The van der Waals surface area contributed by atoms with Crippen LogP contribution in [0.1, 0.15) is 36.8 Å². The predicted molar refractivity (Wildman–Crippen MR) is 76.5 cm³/mol. The lowest BCUT2D eigenvalue weighted by Gasteiger charge is -2.26. The molecule has 0 N–H and O–H groups in total. The van der Waals surface area contributed by atoms with Gasteiger partial charge < -0.3 is 0 Å². The molecule has 0 radical (unpaired) electrons. The van der Waals surface area contributed by atoms with E-state index < -0.39 is 0 Å². The Bertz CT molecular complexity index is 381. The molecule has 0 heterocycles. The van der Waals surface area contributed by atoms with Gasteiger partial charge in [-0.05, 0) is 55.9 Å². The maximum Gasteiger partial charge on any atom is 0.0217 e. The molecule has 2 aliphatic carbocycles. The second-order valence-electron chi connectivity index (χ2n) is 6.04. The fourth-order valence-corrected chi connectivity index (χ4v) is 4.86. The van der Waals surface area contributed by atoms with Gasteiger partial charge in [-0.1, -0.05) is 52.2 Å². The van der Waals surface area contributed by atoms with Gasteiger partial charge in [0, 0.05) is 4.83 Å². The number of aryl methyl sites for hydroxylation is 1. The first kappa shape index (κ1) is 11.8. The van der Waals surface area contributed by atoms with Crippen LogP contribution in [0.25, 0.3) is 0 Å². The van der Waals surface area contributed by atoms with Crippen molar-refractivity contribution >= 4 is 15.9 Å². The van der Waals surface area contributed by atoms with Crippen molar-refractivity contribution in [2.24, 2.45) is 17.8 Å². The molecule has 1 heteroatoms. The Kier molecular flexibility index (Phi) is 3.30. The Labute approximate surface area is 113 Å². The number of halogens is 1. The van der Waals surface area contributed by atoms with Crippen LogP contribution in [0.4, 0.5) is 0 Å². The van der Waals surface area contributed by atoms with Gasteiger partial charge in [0.2, 0.25) is 0 Å². The Morgan fingerprint density at radius 2 is 1.94 bits per heavy atom. The summed E-state index contributed by atoms with van der Waals surface area (Å²) in [5, 5.41) is 0. The molecule has 0 nitrogen and oxygen atoms in total. The van der Waals surface area contributed by atoms with E-state index in [2.05, 4.69) is 47.1 Å². The molecule has 2 aliphatic rings. The van der Waals surface area contributed by atoms with Crippen LogP contribution in [0.5, 0.6) is 0 Å². The molecular formula is C16H21Br. The van der Waals surface area contributed by atoms with Gasteiger partial charge >= 0.3 is 0 Å². The number of fused-ring (bicyclic) bond motifs is 2. The summed E-state index contributed by atoms with van der Waals surface area (Å²) in [7, 11) is 0. The van der Waals surface area contributed by atoms with Crippen molar-refractivity contribution in [1.82, 2.24) is 0 Å². The SMILES string of the molecule is Cc1ccc(CC(Br)C2CC3CCC2C3)cc1. The average molecular weight is 293 g/mol. The van der Waals surface area contributed by atoms with Crippen LogP contribution in [0.2, 0.25) is 0 Å². The van der Waals surface area contributed by atoms with Crippen molar-refractivity contribution in [3.8, 4) is 0 Å². The third-order valence-electron chi connectivity index (χ3n) is 4.81. The molecule has 2 fully saturated rings. The summed E-state index contributed by atoms with van der Waals surface area (Å²) in [6.07, 6.45) is 7.19. The molecule has 92 valence electrons. The minimum Gasteiger partial charge on any atom is -0.0884 e. The van der Waals surface area contributed by atoms with Crippen LogP contribution in [0.3, 0.4) is 0 Å². The summed E-state index contributed by atoms with van der Waals surface area (Å²) in [5.41, 5.74) is 2.85. The predicted octanol–water partition coefficient (Wildman–Crippen LogP) is 4.74. The molecule has 1 aromatic carbocycles. The summed E-state index contributed by atoms with van der Waals surface area (Å²) < 4.78 is 0. The minimum absolute atomic E-state index is 0.695. The maximum atomic E-state index is 3.96. The molecule has 0 amide bonds. The van der Waals surface area contributed by atoms with Gasteiger partial charge in [0.1, 0.15) is 0 Å². The highest BCUT2D eigenvalue weighted by molar-refractivity contribution is 9.09. The molecule has 2 bridgehead atoms. The van der Waals surface area contributed by atoms with Gasteiger partial charge in [-0.25, -0.2) is 0 Å². The van der Waals surface area contributed by atoms with E-state index in [0.717, 1.165) is 17.8 Å². The number of hydrogen-bond acceptors (Lipinski definition) is 0. The number of benzene rings is 1. The first-order valence-corrected chi connectivity index (χ1v) is 7.83. The van der Waals surface area contributed by atoms with Crippen LogP contribution in [-0.2, 0) is 6.42 Å². The van der Waals surface area contributed by atoms with Crippen molar-refractivity contribution in [1.29, 1.82) is 0 Å². The molecule has 0 aromatic heterocycles. The Balaban J connectivity index is 1.63. The lowest BCUT2D eigenvalue weighted by molar-refractivity contribution is 0.326. The topological polar surface area (TPSA) is 0 Å². The van der Waals surface area contributed by atoms with E-state index in [0.29, 0.717) is 4.83 Å². The molecule has 1 aromatic rings. The first-order valence-electron chi connectivity index (χ1n) is 6.92. The monoisotopic (exact) mass is 292 g/mol. The molecule has 0 aliphatic heterocycles. The summed E-state index contributed by atoms with van der Waals surface area (Å²) in [6.45, 7) is 2.16. The third-order valence-corrected chi connectivity index (χ3v) is 5.81. The standard InChI is InChI=1S/C16H21Br/c1-11-2-4-12(5-3-11)10-16(17)15-9-13-6-7-14(15)8-13/h2-5,13-16H,6-10H2,1H3. The van der Waals surface area contributed by atoms with Gasteiger partial charge in [0.15, 0.2) is 0 Å². The zero-order chi connectivity index (χ0) is 11.8. The summed E-state index contributed by atoms with van der Waals surface area (Å²) in [6, 6.07) is 9.04. The van der Waals surface area contributed by atoms with Crippen molar-refractivity contribution in [2.75, 3.05) is 0 Å². The van der Waals surface area contributed by atoms with Crippen molar-refractivity contribution in [3.05, 3.63) is 35.4 Å². The summed E-state index contributed by atoms with van der Waals surface area (Å²) >= 11 is 3.96. The molecule has 3 rings (SSSR count). The molecule has 4 unspecified atom stereocenters. The average Bonchev–Trinajstić information content (AvgIpc) is 2.94. The largest absolute Gasteiger partial charge is 0.0884 e. The van der Waals surface area contributed by atoms with Crippen molar-refractivity contribution < 1.29 is 0 Å². The third kappa shape index (κ3) is 2.45. The lowest BCUT2D eigenvalue weighted by atomic mass is 9.84. The van der Waals surface area contributed by atoms with Crippen LogP contribution >= 0.6 is 15.9 Å². The molecule has 0 spiro atoms. The van der Waals surface area contributed by atoms with Gasteiger partial charge in [0.25, 0.3) is 0 Å². The maximum absolute atomic E-state index is 3.96. The van der Waals surface area contributed by atoms with Crippen LogP contribution in [-0.4, -0.2) is 4.83 Å². The van der Waals surface area contributed by atoms with E-state index in [1.54, 1.807) is 0 Å². The number of alkyl halides is 1. The number of hydrogen-bond donors (Lipinski definition) is 0. The van der Waals surface area contributed by atoms with E-state index in [1.165, 1.54) is 43.2 Å². The van der Waals surface area contributed by atoms with Gasteiger partial charge in [-0.2, -0.15) is 0 Å². The van der Waals surface area contributed by atoms with E-state index in [1.807, 2.05) is 0 Å². The quantitative estimate of drug-likeness (QED) is 0.706. The molecule has 4 atom stereocenters.